The van der Waals surface area contributed by atoms with E-state index in [1.807, 2.05) is 0 Å². The Bertz CT molecular complexity index is 661. The fourth-order valence-electron chi connectivity index (χ4n) is 1.72. The first-order valence-corrected chi connectivity index (χ1v) is 6.21. The normalized spacial score (nSPS) is 10.2. The topological polar surface area (TPSA) is 90.4 Å². The molecule has 3 N–H and O–H groups in total. The molecule has 0 spiro atoms. The number of anilines is 1. The molecule has 6 nitrogen and oxygen atoms in total. The van der Waals surface area contributed by atoms with Gasteiger partial charge >= 0.3 is 0 Å². The number of nitrogen functional groups attached to an aromatic ring is 1. The van der Waals surface area contributed by atoms with Crippen molar-refractivity contribution in [2.75, 3.05) is 5.43 Å². The van der Waals surface area contributed by atoms with Gasteiger partial charge in [0.05, 0.1) is 9.95 Å². The Balaban J connectivity index is 2.19. The highest BCUT2D eigenvalue weighted by molar-refractivity contribution is 6.32. The molecule has 0 bridgehead atoms. The van der Waals surface area contributed by atoms with E-state index in [4.69, 9.17) is 22.2 Å². The zero-order valence-electron chi connectivity index (χ0n) is 10.7. The summed E-state index contributed by atoms with van der Waals surface area (Å²) in [6.07, 6.45) is 0. The molecule has 0 saturated heterocycles. The average Bonchev–Trinajstić information content (AvgIpc) is 2.46. The lowest BCUT2D eigenvalue weighted by Gasteiger charge is -2.10. The first-order chi connectivity index (χ1) is 10.0. The third-order valence-electron chi connectivity index (χ3n) is 2.72. The summed E-state index contributed by atoms with van der Waals surface area (Å²) in [7, 11) is 0. The number of nitrogens with one attached hydrogen (secondary N) is 1. The number of hydrogen-bond acceptors (Lipinski definition) is 5. The molecule has 2 rings (SSSR count). The van der Waals surface area contributed by atoms with Crippen molar-refractivity contribution in [3.05, 3.63) is 62.9 Å². The van der Waals surface area contributed by atoms with E-state index in [-0.39, 0.29) is 28.8 Å². The van der Waals surface area contributed by atoms with Gasteiger partial charge in [-0.05, 0) is 29.8 Å². The molecule has 110 valence electrons. The molecule has 2 aromatic carbocycles. The summed E-state index contributed by atoms with van der Waals surface area (Å²) < 4.78 is 18.8. The van der Waals surface area contributed by atoms with Crippen LogP contribution >= 0.6 is 11.6 Å². The average molecular weight is 312 g/mol. The van der Waals surface area contributed by atoms with Crippen LogP contribution in [0.5, 0.6) is 5.75 Å². The molecule has 0 aliphatic heterocycles. The van der Waals surface area contributed by atoms with Crippen LogP contribution in [-0.2, 0) is 6.61 Å². The standard InChI is InChI=1S/C13H11ClFN3O3/c14-9-2-1-3-10(15)13(9)21-7-8-4-5-12(18(19)20)11(6-8)17-16/h1-6,17H,7,16H2. The molecule has 0 unspecified atom stereocenters. The lowest BCUT2D eigenvalue weighted by Crippen LogP contribution is -2.10. The van der Waals surface area contributed by atoms with Gasteiger partial charge in [0.2, 0.25) is 0 Å². The van der Waals surface area contributed by atoms with Gasteiger partial charge in [-0.25, -0.2) is 4.39 Å². The number of benzene rings is 2. The minimum Gasteiger partial charge on any atom is -0.484 e. The van der Waals surface area contributed by atoms with Gasteiger partial charge in [0.1, 0.15) is 12.3 Å². The Kier molecular flexibility index (Phi) is 4.56. The minimum atomic E-state index is -0.582. The number of rotatable bonds is 5. The monoisotopic (exact) mass is 311 g/mol. The number of nitrogens with zero attached hydrogens (tertiary/aromatic N) is 1. The van der Waals surface area contributed by atoms with Crippen LogP contribution in [0.2, 0.25) is 5.02 Å². The van der Waals surface area contributed by atoms with Crippen LogP contribution in [0.1, 0.15) is 5.56 Å². The number of ether oxygens (including phenoxy) is 1. The maximum absolute atomic E-state index is 13.5. The van der Waals surface area contributed by atoms with Crippen LogP contribution < -0.4 is 16.0 Å². The van der Waals surface area contributed by atoms with E-state index in [9.17, 15) is 14.5 Å². The number of halogens is 2. The lowest BCUT2D eigenvalue weighted by atomic mass is 10.2. The van der Waals surface area contributed by atoms with Gasteiger partial charge in [-0.3, -0.25) is 16.0 Å². The molecule has 0 aliphatic rings. The number of nitrogens with two attached hydrogens (primary N) is 1. The fourth-order valence-corrected chi connectivity index (χ4v) is 1.94. The van der Waals surface area contributed by atoms with E-state index in [1.54, 1.807) is 0 Å². The quantitative estimate of drug-likeness (QED) is 0.502. The summed E-state index contributed by atoms with van der Waals surface area (Å²) in [5.74, 6) is 4.58. The van der Waals surface area contributed by atoms with Crippen LogP contribution in [0, 0.1) is 15.9 Å². The third-order valence-corrected chi connectivity index (χ3v) is 3.01. The van der Waals surface area contributed by atoms with E-state index < -0.39 is 10.7 Å². The molecule has 0 saturated carbocycles. The molecule has 0 aliphatic carbocycles. The van der Waals surface area contributed by atoms with Gasteiger partial charge in [0.15, 0.2) is 11.6 Å². The van der Waals surface area contributed by atoms with Crippen molar-refractivity contribution in [2.45, 2.75) is 6.61 Å². The molecule has 0 amide bonds. The summed E-state index contributed by atoms with van der Waals surface area (Å²) >= 11 is 5.83. The van der Waals surface area contributed by atoms with Crippen molar-refractivity contribution < 1.29 is 14.1 Å². The number of hydrogen-bond donors (Lipinski definition) is 2. The maximum Gasteiger partial charge on any atom is 0.293 e. The van der Waals surface area contributed by atoms with E-state index in [1.165, 1.54) is 36.4 Å². The Morgan fingerprint density at radius 3 is 2.76 bits per heavy atom. The summed E-state index contributed by atoms with van der Waals surface area (Å²) in [6, 6.07) is 8.43. The van der Waals surface area contributed by atoms with Gasteiger partial charge < -0.3 is 10.2 Å². The molecule has 0 fully saturated rings. The molecule has 0 radical (unpaired) electrons. The van der Waals surface area contributed by atoms with Crippen LogP contribution in [-0.4, -0.2) is 4.92 Å². The van der Waals surface area contributed by atoms with E-state index in [2.05, 4.69) is 5.43 Å². The zero-order chi connectivity index (χ0) is 15.4. The van der Waals surface area contributed by atoms with Crippen molar-refractivity contribution in [2.24, 2.45) is 5.84 Å². The van der Waals surface area contributed by atoms with Crippen molar-refractivity contribution >= 4 is 23.0 Å². The molecular formula is C13H11ClFN3O3. The van der Waals surface area contributed by atoms with Gasteiger partial charge in [0, 0.05) is 6.07 Å². The van der Waals surface area contributed by atoms with Crippen molar-refractivity contribution in [3.63, 3.8) is 0 Å². The van der Waals surface area contributed by atoms with Crippen molar-refractivity contribution in [3.8, 4) is 5.75 Å². The fraction of sp³-hybridized carbons (Fsp3) is 0.0769. The SMILES string of the molecule is NNc1cc(COc2c(F)cccc2Cl)ccc1[N+](=O)[O-]. The molecule has 0 heterocycles. The van der Waals surface area contributed by atoms with Crippen molar-refractivity contribution in [1.82, 2.24) is 0 Å². The maximum atomic E-state index is 13.5. The number of hydrazine groups is 1. The van der Waals surface area contributed by atoms with Crippen LogP contribution in [0.3, 0.4) is 0 Å². The second-order valence-electron chi connectivity index (χ2n) is 4.09. The Hall–Kier alpha value is -2.38. The third kappa shape index (κ3) is 3.39. The summed E-state index contributed by atoms with van der Waals surface area (Å²) in [5.41, 5.74) is 2.80. The number of nitro groups is 1. The first kappa shape index (κ1) is 15.0. The molecule has 0 aromatic heterocycles. The van der Waals surface area contributed by atoms with E-state index in [0.717, 1.165) is 0 Å². The van der Waals surface area contributed by atoms with Gasteiger partial charge in [-0.1, -0.05) is 17.7 Å². The molecule has 21 heavy (non-hydrogen) atoms. The van der Waals surface area contributed by atoms with Gasteiger partial charge in [0.25, 0.3) is 5.69 Å². The van der Waals surface area contributed by atoms with Gasteiger partial charge in [-0.2, -0.15) is 0 Å². The highest BCUT2D eigenvalue weighted by Crippen LogP contribution is 2.29. The summed E-state index contributed by atoms with van der Waals surface area (Å²) in [5, 5.41) is 10.9. The Labute approximate surface area is 124 Å². The van der Waals surface area contributed by atoms with E-state index in [0.29, 0.717) is 5.56 Å². The summed E-state index contributed by atoms with van der Waals surface area (Å²) in [4.78, 5) is 10.2. The highest BCUT2D eigenvalue weighted by Gasteiger charge is 2.14. The largest absolute Gasteiger partial charge is 0.484 e. The second kappa shape index (κ2) is 6.38. The van der Waals surface area contributed by atoms with Gasteiger partial charge in [-0.15, -0.1) is 0 Å². The first-order valence-electron chi connectivity index (χ1n) is 5.83. The molecule has 0 atom stereocenters. The lowest BCUT2D eigenvalue weighted by molar-refractivity contribution is -0.384. The minimum absolute atomic E-state index is 0.00662. The number of nitro benzene ring substituents is 1. The second-order valence-corrected chi connectivity index (χ2v) is 4.50. The van der Waals surface area contributed by atoms with Crippen LogP contribution in [0.15, 0.2) is 36.4 Å². The predicted octanol–water partition coefficient (Wildman–Crippen LogP) is 3.25. The molecule has 8 heteroatoms. The number of para-hydroxylation sites is 1. The van der Waals surface area contributed by atoms with Crippen molar-refractivity contribution in [1.29, 1.82) is 0 Å². The summed E-state index contributed by atoms with van der Waals surface area (Å²) in [6.45, 7) is -0.00662. The molecular weight excluding hydrogens is 301 g/mol. The highest BCUT2D eigenvalue weighted by atomic mass is 35.5. The Morgan fingerprint density at radius 2 is 2.14 bits per heavy atom. The molecule has 2 aromatic rings. The smallest absolute Gasteiger partial charge is 0.293 e. The van der Waals surface area contributed by atoms with Crippen LogP contribution in [0.4, 0.5) is 15.8 Å². The van der Waals surface area contributed by atoms with E-state index >= 15 is 0 Å². The zero-order valence-corrected chi connectivity index (χ0v) is 11.4. The predicted molar refractivity (Wildman–Crippen MR) is 76.6 cm³/mol. The Morgan fingerprint density at radius 1 is 1.38 bits per heavy atom. The van der Waals surface area contributed by atoms with Crippen LogP contribution in [0.25, 0.3) is 0 Å².